The first-order valence-electron chi connectivity index (χ1n) is 11.4. The van der Waals surface area contributed by atoms with Crippen LogP contribution in [-0.2, 0) is 11.2 Å². The van der Waals surface area contributed by atoms with E-state index >= 15 is 0 Å². The Labute approximate surface area is 193 Å². The molecule has 0 aromatic carbocycles. The fourth-order valence-electron chi connectivity index (χ4n) is 4.49. The molecule has 0 unspecified atom stereocenters. The van der Waals surface area contributed by atoms with Gasteiger partial charge in [-0.05, 0) is 62.8 Å². The molecule has 3 heterocycles. The Morgan fingerprint density at radius 1 is 1.09 bits per heavy atom. The Kier molecular flexibility index (Phi) is 7.55. The smallest absolute Gasteiger partial charge is 0.271 e. The van der Waals surface area contributed by atoms with Gasteiger partial charge < -0.3 is 21.5 Å². The minimum absolute atomic E-state index is 0.129. The number of hydrogen-bond donors (Lipinski definition) is 3. The summed E-state index contributed by atoms with van der Waals surface area (Å²) in [7, 11) is 0. The second-order valence-corrected chi connectivity index (χ2v) is 9.30. The Balaban J connectivity index is 1.54. The van der Waals surface area contributed by atoms with Crippen LogP contribution >= 0.6 is 11.6 Å². The Hall–Kier alpha value is -2.29. The van der Waals surface area contributed by atoms with Crippen LogP contribution in [0.1, 0.15) is 54.7 Å². The lowest BCUT2D eigenvalue weighted by Gasteiger charge is -2.25. The van der Waals surface area contributed by atoms with Crippen molar-refractivity contribution in [2.45, 2.75) is 51.0 Å². The maximum atomic E-state index is 11.9. The van der Waals surface area contributed by atoms with Crippen molar-refractivity contribution in [3.05, 3.63) is 34.9 Å². The van der Waals surface area contributed by atoms with Gasteiger partial charge in [-0.2, -0.15) is 0 Å². The molecule has 32 heavy (non-hydrogen) atoms. The van der Waals surface area contributed by atoms with E-state index in [2.05, 4.69) is 20.3 Å². The largest absolute Gasteiger partial charge is 0.381 e. The molecule has 0 spiro atoms. The van der Waals surface area contributed by atoms with E-state index in [1.807, 2.05) is 6.07 Å². The number of nitrogens with zero attached hydrogens (tertiary/aromatic N) is 3. The average Bonchev–Trinajstić information content (AvgIpc) is 2.81. The first-order chi connectivity index (χ1) is 15.5. The van der Waals surface area contributed by atoms with E-state index in [-0.39, 0.29) is 5.69 Å². The predicted molar refractivity (Wildman–Crippen MR) is 124 cm³/mol. The third-order valence-corrected chi connectivity index (χ3v) is 6.78. The van der Waals surface area contributed by atoms with Crippen molar-refractivity contribution in [2.75, 3.05) is 25.1 Å². The molecule has 2 fully saturated rings. The summed E-state index contributed by atoms with van der Waals surface area (Å²) in [5.74, 6) is 0.804. The Morgan fingerprint density at radius 3 is 2.56 bits per heavy atom. The number of amides is 1. The van der Waals surface area contributed by atoms with Gasteiger partial charge in [-0.15, -0.1) is 0 Å². The number of halogens is 1. The summed E-state index contributed by atoms with van der Waals surface area (Å²) in [5.41, 5.74) is 14.0. The van der Waals surface area contributed by atoms with Crippen molar-refractivity contribution < 1.29 is 9.53 Å². The number of aromatic nitrogens is 3. The van der Waals surface area contributed by atoms with E-state index in [1.165, 1.54) is 0 Å². The zero-order valence-corrected chi connectivity index (χ0v) is 19.0. The summed E-state index contributed by atoms with van der Waals surface area (Å²) in [6.45, 7) is 2.19. The number of carbonyl (C=O) groups excluding carboxylic acids is 1. The number of ether oxygens (including phenoxy) is 1. The molecule has 1 saturated heterocycles. The number of hydrogen-bond acceptors (Lipinski definition) is 7. The number of nitrogens with one attached hydrogen (secondary N) is 1. The highest BCUT2D eigenvalue weighted by molar-refractivity contribution is 6.33. The summed E-state index contributed by atoms with van der Waals surface area (Å²) < 4.78 is 5.42. The van der Waals surface area contributed by atoms with E-state index in [4.69, 9.17) is 27.8 Å². The fourth-order valence-corrected chi connectivity index (χ4v) is 4.69. The van der Waals surface area contributed by atoms with Crippen LogP contribution in [0.25, 0.3) is 11.3 Å². The zero-order chi connectivity index (χ0) is 22.5. The van der Waals surface area contributed by atoms with E-state index in [9.17, 15) is 4.79 Å². The number of rotatable bonds is 7. The highest BCUT2D eigenvalue weighted by Gasteiger charge is 2.21. The number of primary amides is 1. The summed E-state index contributed by atoms with van der Waals surface area (Å²) in [6, 6.07) is 2.30. The molecule has 0 radical (unpaired) electrons. The van der Waals surface area contributed by atoms with Crippen LogP contribution in [-0.4, -0.2) is 46.7 Å². The molecule has 2 aromatic rings. The quantitative estimate of drug-likeness (QED) is 0.580. The lowest BCUT2D eigenvalue weighted by Crippen LogP contribution is -2.27. The molecule has 9 heteroatoms. The fraction of sp³-hybridized carbons (Fsp3) is 0.565. The van der Waals surface area contributed by atoms with Gasteiger partial charge in [-0.25, -0.2) is 9.97 Å². The monoisotopic (exact) mass is 458 g/mol. The minimum atomic E-state index is -0.615. The third-order valence-electron chi connectivity index (χ3n) is 6.48. The highest BCUT2D eigenvalue weighted by Crippen LogP contribution is 2.31. The molecule has 172 valence electrons. The third kappa shape index (κ3) is 5.74. The van der Waals surface area contributed by atoms with Crippen LogP contribution in [0.5, 0.6) is 0 Å². The van der Waals surface area contributed by atoms with Gasteiger partial charge in [0.1, 0.15) is 0 Å². The molecule has 8 nitrogen and oxygen atoms in total. The van der Waals surface area contributed by atoms with Gasteiger partial charge in [-0.3, -0.25) is 9.78 Å². The number of pyridine rings is 1. The van der Waals surface area contributed by atoms with Crippen molar-refractivity contribution >= 4 is 23.3 Å². The SMILES string of the molecule is NC(=O)c1ncc(-c2cc(CC3CCC(N)CC3)ncc2Cl)nc1NCC1CCOCC1. The molecule has 1 aliphatic carbocycles. The van der Waals surface area contributed by atoms with Gasteiger partial charge in [0.05, 0.1) is 16.9 Å². The maximum Gasteiger partial charge on any atom is 0.271 e. The lowest BCUT2D eigenvalue weighted by molar-refractivity contribution is 0.0699. The molecule has 4 rings (SSSR count). The van der Waals surface area contributed by atoms with Crippen molar-refractivity contribution in [3.8, 4) is 11.3 Å². The van der Waals surface area contributed by atoms with Crippen molar-refractivity contribution in [3.63, 3.8) is 0 Å². The standard InChI is InChI=1S/C23H31ClN6O2/c24-19-12-27-17(9-14-1-3-16(25)4-2-14)10-18(19)20-13-28-21(22(26)31)23(30-20)29-11-15-5-7-32-8-6-15/h10,12-16H,1-9,11,25H2,(H2,26,31)(H,29,30). The number of nitrogens with two attached hydrogens (primary N) is 2. The van der Waals surface area contributed by atoms with Crippen LogP contribution < -0.4 is 16.8 Å². The maximum absolute atomic E-state index is 11.9. The molecule has 2 aliphatic rings. The second-order valence-electron chi connectivity index (χ2n) is 8.89. The average molecular weight is 459 g/mol. The van der Waals surface area contributed by atoms with Crippen LogP contribution in [0.3, 0.4) is 0 Å². The lowest BCUT2D eigenvalue weighted by atomic mass is 9.83. The normalized spacial score (nSPS) is 21.9. The van der Waals surface area contributed by atoms with Crippen LogP contribution in [0.2, 0.25) is 5.02 Å². The van der Waals surface area contributed by atoms with Gasteiger partial charge in [0, 0.05) is 43.3 Å². The Morgan fingerprint density at radius 2 is 1.84 bits per heavy atom. The Bertz CT molecular complexity index is 942. The van der Waals surface area contributed by atoms with Crippen LogP contribution in [0, 0.1) is 11.8 Å². The molecule has 5 N–H and O–H groups in total. The van der Waals surface area contributed by atoms with Gasteiger partial charge in [0.15, 0.2) is 11.5 Å². The van der Waals surface area contributed by atoms with Crippen LogP contribution in [0.15, 0.2) is 18.5 Å². The molecule has 0 bridgehead atoms. The molecule has 0 atom stereocenters. The van der Waals surface area contributed by atoms with E-state index < -0.39 is 5.91 Å². The molecule has 1 aliphatic heterocycles. The van der Waals surface area contributed by atoms with Crippen LogP contribution in [0.4, 0.5) is 5.82 Å². The van der Waals surface area contributed by atoms with E-state index in [0.717, 1.165) is 69.4 Å². The summed E-state index contributed by atoms with van der Waals surface area (Å²) in [6.07, 6.45) is 10.4. The van der Waals surface area contributed by atoms with E-state index in [0.29, 0.717) is 41.0 Å². The van der Waals surface area contributed by atoms with Crippen molar-refractivity contribution in [1.29, 1.82) is 0 Å². The summed E-state index contributed by atoms with van der Waals surface area (Å²) in [4.78, 5) is 25.4. The number of anilines is 1. The van der Waals surface area contributed by atoms with Gasteiger partial charge in [0.2, 0.25) is 0 Å². The molecule has 1 saturated carbocycles. The first kappa shape index (κ1) is 22.9. The zero-order valence-electron chi connectivity index (χ0n) is 18.2. The second kappa shape index (κ2) is 10.6. The van der Waals surface area contributed by atoms with Gasteiger partial charge >= 0.3 is 0 Å². The van der Waals surface area contributed by atoms with E-state index in [1.54, 1.807) is 12.4 Å². The topological polar surface area (TPSA) is 129 Å². The number of carbonyl (C=O) groups is 1. The molecule has 1 amide bonds. The molecule has 2 aromatic heterocycles. The highest BCUT2D eigenvalue weighted by atomic mass is 35.5. The summed E-state index contributed by atoms with van der Waals surface area (Å²) in [5, 5.41) is 3.77. The minimum Gasteiger partial charge on any atom is -0.381 e. The molecular formula is C23H31ClN6O2. The predicted octanol–water partition coefficient (Wildman–Crippen LogP) is 3.19. The van der Waals surface area contributed by atoms with Gasteiger partial charge in [0.25, 0.3) is 5.91 Å². The van der Waals surface area contributed by atoms with Crippen molar-refractivity contribution in [1.82, 2.24) is 15.0 Å². The van der Waals surface area contributed by atoms with Crippen molar-refractivity contribution in [2.24, 2.45) is 23.3 Å². The molecular weight excluding hydrogens is 428 g/mol. The first-order valence-corrected chi connectivity index (χ1v) is 11.8. The summed E-state index contributed by atoms with van der Waals surface area (Å²) >= 11 is 6.47. The van der Waals surface area contributed by atoms with Gasteiger partial charge in [-0.1, -0.05) is 11.6 Å².